The Hall–Kier alpha value is -1.89. The van der Waals surface area contributed by atoms with E-state index in [0.29, 0.717) is 6.54 Å². The van der Waals surface area contributed by atoms with Gasteiger partial charge >= 0.3 is 0 Å². The molecule has 1 N–H and O–H groups in total. The number of amides is 1. The summed E-state index contributed by atoms with van der Waals surface area (Å²) in [5, 5.41) is 3.11. The number of nitrogens with one attached hydrogen (secondary N) is 1. The molecule has 1 aromatic carbocycles. The summed E-state index contributed by atoms with van der Waals surface area (Å²) in [6, 6.07) is 11.9. The minimum absolute atomic E-state index is 0.0303. The fourth-order valence-electron chi connectivity index (χ4n) is 3.05. The number of nitrogens with zero attached hydrogens (tertiary/aromatic N) is 2. The van der Waals surface area contributed by atoms with E-state index in [1.807, 2.05) is 42.7 Å². The number of hydrogen-bond acceptors (Lipinski definition) is 5. The van der Waals surface area contributed by atoms with Crippen LogP contribution in [0.4, 0.5) is 0 Å². The van der Waals surface area contributed by atoms with Crippen molar-refractivity contribution in [3.05, 3.63) is 59.9 Å². The Morgan fingerprint density at radius 1 is 1.24 bits per heavy atom. The molecule has 1 unspecified atom stereocenters. The number of thioether (sulfide) groups is 1. The van der Waals surface area contributed by atoms with E-state index < -0.39 is 0 Å². The van der Waals surface area contributed by atoms with Gasteiger partial charge in [0.05, 0.1) is 24.8 Å². The highest BCUT2D eigenvalue weighted by molar-refractivity contribution is 7.98. The predicted octanol–water partition coefficient (Wildman–Crippen LogP) is 2.61. The average molecular weight is 357 g/mol. The Balaban J connectivity index is 1.73. The molecule has 0 radical (unpaired) electrons. The van der Waals surface area contributed by atoms with Gasteiger partial charge in [-0.25, -0.2) is 0 Å². The van der Waals surface area contributed by atoms with E-state index in [1.165, 1.54) is 0 Å². The molecular formula is C19H23N3O2S. The molecule has 1 saturated heterocycles. The second-order valence-corrected chi connectivity index (χ2v) is 6.70. The molecule has 0 saturated carbocycles. The van der Waals surface area contributed by atoms with Gasteiger partial charge in [0, 0.05) is 36.9 Å². The SMILES string of the molecule is CSc1ccccc1C(=O)NCC(c1ccncc1)N1CCOCC1. The zero-order valence-electron chi connectivity index (χ0n) is 14.4. The van der Waals surface area contributed by atoms with Crippen molar-refractivity contribution in [1.82, 2.24) is 15.2 Å². The molecule has 1 atom stereocenters. The molecule has 1 aromatic heterocycles. The molecular weight excluding hydrogens is 334 g/mol. The molecule has 3 rings (SSSR count). The van der Waals surface area contributed by atoms with Crippen LogP contribution in [0.2, 0.25) is 0 Å². The van der Waals surface area contributed by atoms with Gasteiger partial charge in [-0.2, -0.15) is 0 Å². The predicted molar refractivity (Wildman–Crippen MR) is 99.9 cm³/mol. The van der Waals surface area contributed by atoms with E-state index in [-0.39, 0.29) is 11.9 Å². The number of aromatic nitrogens is 1. The zero-order chi connectivity index (χ0) is 17.5. The van der Waals surface area contributed by atoms with Gasteiger partial charge in [-0.15, -0.1) is 11.8 Å². The first-order valence-corrected chi connectivity index (χ1v) is 9.65. The summed E-state index contributed by atoms with van der Waals surface area (Å²) in [5.41, 5.74) is 1.89. The maximum atomic E-state index is 12.7. The van der Waals surface area contributed by atoms with Gasteiger partial charge in [-0.05, 0) is 36.1 Å². The smallest absolute Gasteiger partial charge is 0.252 e. The van der Waals surface area contributed by atoms with Crippen molar-refractivity contribution in [1.29, 1.82) is 0 Å². The number of rotatable bonds is 6. The highest BCUT2D eigenvalue weighted by atomic mass is 32.2. The Kier molecular flexibility index (Phi) is 6.44. The molecule has 2 heterocycles. The lowest BCUT2D eigenvalue weighted by atomic mass is 10.1. The zero-order valence-corrected chi connectivity index (χ0v) is 15.2. The molecule has 1 fully saturated rings. The third-order valence-corrected chi connectivity index (χ3v) is 5.18. The molecule has 2 aromatic rings. The number of morpholine rings is 1. The molecule has 1 amide bonds. The summed E-state index contributed by atoms with van der Waals surface area (Å²) in [5.74, 6) is -0.0303. The van der Waals surface area contributed by atoms with E-state index in [4.69, 9.17) is 4.74 Å². The van der Waals surface area contributed by atoms with Crippen LogP contribution in [0.3, 0.4) is 0 Å². The van der Waals surface area contributed by atoms with Gasteiger partial charge < -0.3 is 10.1 Å². The number of carbonyl (C=O) groups is 1. The van der Waals surface area contributed by atoms with Gasteiger partial charge in [0.2, 0.25) is 0 Å². The lowest BCUT2D eigenvalue weighted by Gasteiger charge is -2.34. The van der Waals surface area contributed by atoms with Crippen LogP contribution in [-0.4, -0.2) is 54.9 Å². The molecule has 0 spiro atoms. The summed E-state index contributed by atoms with van der Waals surface area (Å²) in [7, 11) is 0. The van der Waals surface area contributed by atoms with E-state index in [1.54, 1.807) is 24.2 Å². The highest BCUT2D eigenvalue weighted by Gasteiger charge is 2.23. The number of benzene rings is 1. The fourth-order valence-corrected chi connectivity index (χ4v) is 3.64. The number of ether oxygens (including phenoxy) is 1. The fraction of sp³-hybridized carbons (Fsp3) is 0.368. The summed E-state index contributed by atoms with van der Waals surface area (Å²) in [6.45, 7) is 3.75. The van der Waals surface area contributed by atoms with Crippen molar-refractivity contribution in [2.45, 2.75) is 10.9 Å². The molecule has 1 aliphatic heterocycles. The first-order valence-electron chi connectivity index (χ1n) is 8.42. The van der Waals surface area contributed by atoms with Crippen LogP contribution in [0.15, 0.2) is 53.7 Å². The standard InChI is InChI=1S/C19H23N3O2S/c1-25-18-5-3-2-4-16(18)19(23)21-14-17(15-6-8-20-9-7-15)22-10-12-24-13-11-22/h2-9,17H,10-14H2,1H3,(H,21,23). The van der Waals surface area contributed by atoms with Gasteiger partial charge in [0.15, 0.2) is 0 Å². The Morgan fingerprint density at radius 2 is 1.96 bits per heavy atom. The minimum Gasteiger partial charge on any atom is -0.379 e. The first kappa shape index (κ1) is 17.9. The third-order valence-electron chi connectivity index (χ3n) is 4.38. The number of carbonyl (C=O) groups excluding carboxylic acids is 1. The van der Waals surface area contributed by atoms with Crippen molar-refractivity contribution in [2.75, 3.05) is 39.1 Å². The maximum Gasteiger partial charge on any atom is 0.252 e. The lowest BCUT2D eigenvalue weighted by molar-refractivity contribution is 0.0162. The third kappa shape index (κ3) is 4.60. The van der Waals surface area contributed by atoms with Crippen molar-refractivity contribution in [2.24, 2.45) is 0 Å². The molecule has 0 bridgehead atoms. The highest BCUT2D eigenvalue weighted by Crippen LogP contribution is 2.22. The molecule has 1 aliphatic rings. The Morgan fingerprint density at radius 3 is 2.68 bits per heavy atom. The minimum atomic E-state index is -0.0303. The number of pyridine rings is 1. The second kappa shape index (κ2) is 8.99. The van der Waals surface area contributed by atoms with E-state index in [2.05, 4.69) is 15.2 Å². The van der Waals surface area contributed by atoms with E-state index in [0.717, 1.165) is 42.3 Å². The van der Waals surface area contributed by atoms with Crippen LogP contribution in [0.5, 0.6) is 0 Å². The largest absolute Gasteiger partial charge is 0.379 e. The van der Waals surface area contributed by atoms with Gasteiger partial charge in [0.1, 0.15) is 0 Å². The van der Waals surface area contributed by atoms with Crippen LogP contribution in [0.1, 0.15) is 22.0 Å². The lowest BCUT2D eigenvalue weighted by Crippen LogP contribution is -2.43. The Labute approximate surface area is 152 Å². The van der Waals surface area contributed by atoms with Crippen molar-refractivity contribution >= 4 is 17.7 Å². The summed E-state index contributed by atoms with van der Waals surface area (Å²) >= 11 is 1.59. The van der Waals surface area contributed by atoms with Crippen LogP contribution in [0.25, 0.3) is 0 Å². The summed E-state index contributed by atoms with van der Waals surface area (Å²) < 4.78 is 5.47. The molecule has 6 heteroatoms. The van der Waals surface area contributed by atoms with Crippen LogP contribution in [0, 0.1) is 0 Å². The van der Waals surface area contributed by atoms with Gasteiger partial charge in [-0.3, -0.25) is 14.7 Å². The molecule has 0 aliphatic carbocycles. The summed E-state index contributed by atoms with van der Waals surface area (Å²) in [4.78, 5) is 20.1. The summed E-state index contributed by atoms with van der Waals surface area (Å²) in [6.07, 6.45) is 5.58. The van der Waals surface area contributed by atoms with E-state index in [9.17, 15) is 4.79 Å². The van der Waals surface area contributed by atoms with Gasteiger partial charge in [0.25, 0.3) is 5.91 Å². The van der Waals surface area contributed by atoms with Crippen molar-refractivity contribution in [3.63, 3.8) is 0 Å². The van der Waals surface area contributed by atoms with Crippen molar-refractivity contribution in [3.8, 4) is 0 Å². The van der Waals surface area contributed by atoms with Crippen LogP contribution in [-0.2, 0) is 4.74 Å². The topological polar surface area (TPSA) is 54.5 Å². The maximum absolute atomic E-state index is 12.7. The molecule has 132 valence electrons. The normalized spacial score (nSPS) is 16.4. The van der Waals surface area contributed by atoms with E-state index >= 15 is 0 Å². The monoisotopic (exact) mass is 357 g/mol. The van der Waals surface area contributed by atoms with Crippen LogP contribution >= 0.6 is 11.8 Å². The number of hydrogen-bond donors (Lipinski definition) is 1. The molecule has 5 nitrogen and oxygen atoms in total. The van der Waals surface area contributed by atoms with Gasteiger partial charge in [-0.1, -0.05) is 12.1 Å². The molecule has 25 heavy (non-hydrogen) atoms. The van der Waals surface area contributed by atoms with Crippen molar-refractivity contribution < 1.29 is 9.53 Å². The average Bonchev–Trinajstić information content (AvgIpc) is 2.69. The second-order valence-electron chi connectivity index (χ2n) is 5.85. The quantitative estimate of drug-likeness (QED) is 0.806. The Bertz CT molecular complexity index is 690. The first-order chi connectivity index (χ1) is 12.3. The van der Waals surface area contributed by atoms with Crippen LogP contribution < -0.4 is 5.32 Å².